The zero-order valence-electron chi connectivity index (χ0n) is 12.7. The molecule has 1 N–H and O–H groups in total. The first-order valence-electron chi connectivity index (χ1n) is 6.77. The molecule has 0 radical (unpaired) electrons. The molecule has 1 saturated heterocycles. The number of carbonyl (C=O) groups is 1. The maximum absolute atomic E-state index is 11.5. The summed E-state index contributed by atoms with van der Waals surface area (Å²) >= 11 is 0.0934. The first kappa shape index (κ1) is 15.3. The van der Waals surface area contributed by atoms with Gasteiger partial charge in [0.05, 0.1) is 0 Å². The Balaban J connectivity index is 2.16. The van der Waals surface area contributed by atoms with Gasteiger partial charge in [-0.2, -0.15) is 0 Å². The van der Waals surface area contributed by atoms with Gasteiger partial charge >= 0.3 is 126 Å². The van der Waals surface area contributed by atoms with E-state index in [0.29, 0.717) is 6.42 Å². The van der Waals surface area contributed by atoms with Crippen molar-refractivity contribution in [2.24, 2.45) is 15.8 Å². The fourth-order valence-electron chi connectivity index (χ4n) is 2.41. The molecule has 0 aromatic heterocycles. The summed E-state index contributed by atoms with van der Waals surface area (Å²) in [5, 5.41) is 12.3. The summed E-state index contributed by atoms with van der Waals surface area (Å²) in [6.45, 7) is 10.2. The van der Waals surface area contributed by atoms with Crippen molar-refractivity contribution in [3.8, 4) is 6.07 Å². The van der Waals surface area contributed by atoms with E-state index in [1.54, 1.807) is 0 Å². The topological polar surface area (TPSA) is 65.2 Å². The second-order valence-electron chi connectivity index (χ2n) is 7.01. The number of aliphatic imine (C=N–C) groups is 1. The SMILES string of the molecule is CC1(C)CC(=O)N/C1=C/[Se]C1=NC(C)(C#N)C(C)(C)C1. The minimum absolute atomic E-state index is 0.0904. The number of carbonyl (C=O) groups excluding carboxylic acids is 1. The quantitative estimate of drug-likeness (QED) is 0.785. The van der Waals surface area contributed by atoms with Crippen LogP contribution in [0.3, 0.4) is 0 Å². The van der Waals surface area contributed by atoms with Gasteiger partial charge < -0.3 is 0 Å². The van der Waals surface area contributed by atoms with Gasteiger partial charge in [-0.05, 0) is 0 Å². The van der Waals surface area contributed by atoms with E-state index in [1.807, 2.05) is 6.92 Å². The fourth-order valence-corrected chi connectivity index (χ4v) is 5.16. The number of nitrogens with one attached hydrogen (secondary N) is 1. The fraction of sp³-hybridized carbons (Fsp3) is 0.667. The zero-order valence-corrected chi connectivity index (χ0v) is 14.4. The normalized spacial score (nSPS) is 32.9. The second-order valence-corrected chi connectivity index (χ2v) is 8.99. The van der Waals surface area contributed by atoms with Crippen molar-refractivity contribution in [3.63, 3.8) is 0 Å². The van der Waals surface area contributed by atoms with Crippen molar-refractivity contribution in [1.29, 1.82) is 5.26 Å². The van der Waals surface area contributed by atoms with Gasteiger partial charge in [-0.3, -0.25) is 0 Å². The average molecular weight is 338 g/mol. The molecule has 5 heteroatoms. The van der Waals surface area contributed by atoms with Crippen molar-refractivity contribution >= 4 is 25.5 Å². The Morgan fingerprint density at radius 1 is 1.30 bits per heavy atom. The number of nitriles is 1. The van der Waals surface area contributed by atoms with Crippen LogP contribution in [-0.4, -0.2) is 31.0 Å². The molecule has 1 fully saturated rings. The van der Waals surface area contributed by atoms with Crippen LogP contribution < -0.4 is 5.32 Å². The first-order chi connectivity index (χ1) is 9.10. The van der Waals surface area contributed by atoms with E-state index in [2.05, 4.69) is 49.0 Å². The van der Waals surface area contributed by atoms with Crippen molar-refractivity contribution in [2.45, 2.75) is 53.0 Å². The van der Waals surface area contributed by atoms with E-state index in [4.69, 9.17) is 0 Å². The minimum atomic E-state index is -0.628. The predicted molar refractivity (Wildman–Crippen MR) is 80.2 cm³/mol. The van der Waals surface area contributed by atoms with Gasteiger partial charge in [0, 0.05) is 0 Å². The zero-order chi connectivity index (χ0) is 15.2. The summed E-state index contributed by atoms with van der Waals surface area (Å²) in [4.78, 5) is 18.3. The molecule has 0 bridgehead atoms. The molecule has 0 aromatic rings. The van der Waals surface area contributed by atoms with Gasteiger partial charge in [0.1, 0.15) is 0 Å². The summed E-state index contributed by atoms with van der Waals surface area (Å²) in [7, 11) is 0. The molecule has 1 amide bonds. The Kier molecular flexibility index (Phi) is 3.60. The van der Waals surface area contributed by atoms with E-state index < -0.39 is 5.54 Å². The Morgan fingerprint density at radius 3 is 2.40 bits per heavy atom. The van der Waals surface area contributed by atoms with Crippen LogP contribution in [0, 0.1) is 22.2 Å². The second kappa shape index (κ2) is 4.72. The van der Waals surface area contributed by atoms with Crippen LogP contribution in [0.15, 0.2) is 15.7 Å². The Labute approximate surface area is 126 Å². The summed E-state index contributed by atoms with van der Waals surface area (Å²) in [5.41, 5.74) is 0.156. The van der Waals surface area contributed by atoms with Crippen LogP contribution in [0.25, 0.3) is 0 Å². The number of amides is 1. The van der Waals surface area contributed by atoms with Gasteiger partial charge in [0.2, 0.25) is 0 Å². The Bertz CT molecular complexity index is 554. The average Bonchev–Trinajstić information content (AvgIpc) is 2.70. The third-order valence-electron chi connectivity index (χ3n) is 4.40. The summed E-state index contributed by atoms with van der Waals surface area (Å²) < 4.78 is 1.11. The Morgan fingerprint density at radius 2 is 1.95 bits per heavy atom. The van der Waals surface area contributed by atoms with Crippen LogP contribution in [0.5, 0.6) is 0 Å². The molecule has 2 aliphatic heterocycles. The molecule has 0 aliphatic carbocycles. The molecule has 2 heterocycles. The standard InChI is InChI=1S/C15H21N3OSe/c1-13(2)6-11(19)17-10(13)8-20-12-7-14(3,4)15(5,9-16)18-12/h8H,6-7H2,1-5H3,(H,17,19)/b10-8+. The molecule has 1 atom stereocenters. The van der Waals surface area contributed by atoms with E-state index in [9.17, 15) is 10.1 Å². The predicted octanol–water partition coefficient (Wildman–Crippen LogP) is 2.19. The van der Waals surface area contributed by atoms with Crippen molar-refractivity contribution in [1.82, 2.24) is 5.32 Å². The van der Waals surface area contributed by atoms with Crippen LogP contribution in [0.2, 0.25) is 0 Å². The molecule has 0 spiro atoms. The number of nitrogens with zero attached hydrogens (tertiary/aromatic N) is 2. The molecular weight excluding hydrogens is 317 g/mol. The van der Waals surface area contributed by atoms with E-state index in [-0.39, 0.29) is 31.7 Å². The van der Waals surface area contributed by atoms with Crippen LogP contribution in [0.1, 0.15) is 47.5 Å². The van der Waals surface area contributed by atoms with Crippen molar-refractivity contribution in [3.05, 3.63) is 10.7 Å². The Hall–Kier alpha value is -1.11. The molecule has 20 heavy (non-hydrogen) atoms. The number of allylic oxidation sites excluding steroid dienone is 1. The molecule has 2 aliphatic rings. The maximum atomic E-state index is 11.5. The van der Waals surface area contributed by atoms with Gasteiger partial charge in [0.15, 0.2) is 0 Å². The number of hydrogen-bond acceptors (Lipinski definition) is 3. The molecule has 0 aromatic carbocycles. The summed E-state index contributed by atoms with van der Waals surface area (Å²) in [6.07, 6.45) is 1.40. The van der Waals surface area contributed by atoms with E-state index in [0.717, 1.165) is 16.7 Å². The van der Waals surface area contributed by atoms with Gasteiger partial charge in [-0.25, -0.2) is 0 Å². The molecule has 4 nitrogen and oxygen atoms in total. The van der Waals surface area contributed by atoms with E-state index >= 15 is 0 Å². The molecule has 2 rings (SSSR count). The number of hydrogen-bond donors (Lipinski definition) is 1. The van der Waals surface area contributed by atoms with Crippen molar-refractivity contribution < 1.29 is 4.79 Å². The number of rotatable bonds is 2. The molecule has 108 valence electrons. The van der Waals surface area contributed by atoms with Crippen molar-refractivity contribution in [2.75, 3.05) is 0 Å². The molecule has 1 unspecified atom stereocenters. The van der Waals surface area contributed by atoms with Gasteiger partial charge in [0.25, 0.3) is 0 Å². The van der Waals surface area contributed by atoms with Gasteiger partial charge in [-0.15, -0.1) is 0 Å². The summed E-state index contributed by atoms with van der Waals surface area (Å²) in [6, 6.07) is 2.34. The molecular formula is C15H21N3OSe. The van der Waals surface area contributed by atoms with E-state index in [1.165, 1.54) is 0 Å². The van der Waals surface area contributed by atoms with Crippen LogP contribution in [-0.2, 0) is 4.79 Å². The summed E-state index contributed by atoms with van der Waals surface area (Å²) in [5.74, 6) is 0.0904. The van der Waals surface area contributed by atoms with Gasteiger partial charge in [-0.1, -0.05) is 0 Å². The third kappa shape index (κ3) is 2.55. The third-order valence-corrected chi connectivity index (χ3v) is 6.20. The van der Waals surface area contributed by atoms with Crippen LogP contribution >= 0.6 is 0 Å². The monoisotopic (exact) mass is 339 g/mol. The van der Waals surface area contributed by atoms with Crippen LogP contribution in [0.4, 0.5) is 0 Å². The first-order valence-corrected chi connectivity index (χ1v) is 8.61. The molecule has 0 saturated carbocycles.